The van der Waals surface area contributed by atoms with E-state index in [-0.39, 0.29) is 5.97 Å². The third-order valence-corrected chi connectivity index (χ3v) is 7.58. The second-order valence-corrected chi connectivity index (χ2v) is 10.6. The summed E-state index contributed by atoms with van der Waals surface area (Å²) in [5, 5.41) is 0. The molecule has 196 valence electrons. The van der Waals surface area contributed by atoms with Crippen LogP contribution in [-0.2, 0) is 11.2 Å². The highest BCUT2D eigenvalue weighted by Gasteiger charge is 2.14. The maximum atomic E-state index is 12.2. The fourth-order valence-corrected chi connectivity index (χ4v) is 5.31. The van der Waals surface area contributed by atoms with E-state index in [1.54, 1.807) is 12.4 Å². The molecular formula is C33H42N2O2. The number of rotatable bonds is 14. The molecule has 0 bridgehead atoms. The van der Waals surface area contributed by atoms with E-state index < -0.39 is 0 Å². The predicted octanol–water partition coefficient (Wildman–Crippen LogP) is 8.98. The fraction of sp³-hybridized carbons (Fsp3) is 0.485. The first-order valence-electron chi connectivity index (χ1n) is 14.4. The van der Waals surface area contributed by atoms with Gasteiger partial charge in [0, 0.05) is 12.0 Å². The number of carbonyl (C=O) groups is 1. The Morgan fingerprint density at radius 3 is 2.08 bits per heavy atom. The number of esters is 1. The predicted molar refractivity (Wildman–Crippen MR) is 151 cm³/mol. The SMILES string of the molecule is CCCCCCc1ccc(-c2ccc(-c3ncc(OC(=O)CCCCCC4CCCC4)cn3)cc2)cc1. The van der Waals surface area contributed by atoms with Crippen LogP contribution in [0.25, 0.3) is 22.5 Å². The van der Waals surface area contributed by atoms with Crippen LogP contribution >= 0.6 is 0 Å². The molecule has 0 unspecified atom stereocenters. The Morgan fingerprint density at radius 1 is 0.784 bits per heavy atom. The van der Waals surface area contributed by atoms with Crippen LogP contribution in [0, 0.1) is 5.92 Å². The van der Waals surface area contributed by atoms with Crippen molar-refractivity contribution in [2.24, 2.45) is 5.92 Å². The van der Waals surface area contributed by atoms with Crippen molar-refractivity contribution >= 4 is 5.97 Å². The van der Waals surface area contributed by atoms with Gasteiger partial charge in [0.15, 0.2) is 11.6 Å². The van der Waals surface area contributed by atoms with Gasteiger partial charge in [-0.2, -0.15) is 0 Å². The summed E-state index contributed by atoms with van der Waals surface area (Å²) >= 11 is 0. The van der Waals surface area contributed by atoms with Gasteiger partial charge in [-0.3, -0.25) is 4.79 Å². The number of aryl methyl sites for hydroxylation is 1. The lowest BCUT2D eigenvalue weighted by atomic mass is 9.99. The molecule has 2 aromatic carbocycles. The van der Waals surface area contributed by atoms with E-state index in [9.17, 15) is 4.79 Å². The highest BCUT2D eigenvalue weighted by Crippen LogP contribution is 2.29. The molecule has 4 rings (SSSR count). The summed E-state index contributed by atoms with van der Waals surface area (Å²) in [4.78, 5) is 21.0. The average Bonchev–Trinajstić information content (AvgIpc) is 3.46. The lowest BCUT2D eigenvalue weighted by molar-refractivity contribution is -0.134. The Balaban J connectivity index is 1.21. The molecular weight excluding hydrogens is 456 g/mol. The molecule has 1 aliphatic carbocycles. The summed E-state index contributed by atoms with van der Waals surface area (Å²) < 4.78 is 5.44. The van der Waals surface area contributed by atoms with Crippen molar-refractivity contribution in [1.29, 1.82) is 0 Å². The Kier molecular flexibility index (Phi) is 10.7. The third kappa shape index (κ3) is 8.80. The molecule has 0 saturated heterocycles. The minimum absolute atomic E-state index is 0.200. The van der Waals surface area contributed by atoms with E-state index in [4.69, 9.17) is 4.74 Å². The molecule has 0 radical (unpaired) electrons. The zero-order valence-electron chi connectivity index (χ0n) is 22.5. The third-order valence-electron chi connectivity index (χ3n) is 7.58. The smallest absolute Gasteiger partial charge is 0.311 e. The van der Waals surface area contributed by atoms with Crippen molar-refractivity contribution < 1.29 is 9.53 Å². The summed E-state index contributed by atoms with van der Waals surface area (Å²) in [5.41, 5.74) is 4.74. The van der Waals surface area contributed by atoms with Crippen molar-refractivity contribution in [3.8, 4) is 28.3 Å². The van der Waals surface area contributed by atoms with E-state index in [1.165, 1.54) is 80.9 Å². The van der Waals surface area contributed by atoms with Gasteiger partial charge in [-0.15, -0.1) is 0 Å². The summed E-state index contributed by atoms with van der Waals surface area (Å²) in [6, 6.07) is 17.2. The lowest BCUT2D eigenvalue weighted by Crippen LogP contribution is -2.08. The number of nitrogens with zero attached hydrogens (tertiary/aromatic N) is 2. The van der Waals surface area contributed by atoms with Crippen molar-refractivity contribution in [2.75, 3.05) is 0 Å². The molecule has 1 heterocycles. The van der Waals surface area contributed by atoms with E-state index >= 15 is 0 Å². The van der Waals surface area contributed by atoms with E-state index in [0.29, 0.717) is 18.0 Å². The first-order chi connectivity index (χ1) is 18.2. The maximum absolute atomic E-state index is 12.2. The first kappa shape index (κ1) is 27.0. The van der Waals surface area contributed by atoms with Crippen molar-refractivity contribution in [1.82, 2.24) is 9.97 Å². The van der Waals surface area contributed by atoms with E-state index in [2.05, 4.69) is 53.3 Å². The molecule has 0 aliphatic heterocycles. The summed E-state index contributed by atoms with van der Waals surface area (Å²) in [7, 11) is 0. The molecule has 3 aromatic rings. The van der Waals surface area contributed by atoms with Crippen molar-refractivity contribution in [3.05, 3.63) is 66.5 Å². The normalized spacial score (nSPS) is 13.6. The van der Waals surface area contributed by atoms with Crippen LogP contribution in [-0.4, -0.2) is 15.9 Å². The second-order valence-electron chi connectivity index (χ2n) is 10.6. The lowest BCUT2D eigenvalue weighted by Gasteiger charge is -2.08. The standard InChI is InChI=1S/C33H42N2O2/c1-2-3-4-6-12-27-16-18-28(19-17-27)29-20-22-30(23-21-29)33-34-24-31(25-35-33)37-32(36)15-8-5-7-11-26-13-9-10-14-26/h16-26H,2-15H2,1H3. The topological polar surface area (TPSA) is 52.1 Å². The highest BCUT2D eigenvalue weighted by atomic mass is 16.5. The molecule has 4 heteroatoms. The van der Waals surface area contributed by atoms with Crippen LogP contribution in [0.2, 0.25) is 0 Å². The number of ether oxygens (including phenoxy) is 1. The maximum Gasteiger partial charge on any atom is 0.311 e. The van der Waals surface area contributed by atoms with Gasteiger partial charge >= 0.3 is 5.97 Å². The summed E-state index contributed by atoms with van der Waals surface area (Å²) in [6.07, 6.45) is 20.1. The van der Waals surface area contributed by atoms with Crippen molar-refractivity contribution in [3.63, 3.8) is 0 Å². The minimum Gasteiger partial charge on any atom is -0.423 e. The van der Waals surface area contributed by atoms with Gasteiger partial charge in [0.1, 0.15) is 0 Å². The monoisotopic (exact) mass is 498 g/mol. The Labute approximate surface area is 222 Å². The summed E-state index contributed by atoms with van der Waals surface area (Å²) in [6.45, 7) is 2.25. The zero-order valence-corrected chi connectivity index (χ0v) is 22.5. The number of aromatic nitrogens is 2. The molecule has 1 fully saturated rings. The van der Waals surface area contributed by atoms with Gasteiger partial charge in [0.05, 0.1) is 12.4 Å². The first-order valence-corrected chi connectivity index (χ1v) is 14.4. The number of hydrogen-bond donors (Lipinski definition) is 0. The molecule has 1 saturated carbocycles. The number of hydrogen-bond acceptors (Lipinski definition) is 4. The van der Waals surface area contributed by atoms with Gasteiger partial charge in [-0.1, -0.05) is 120 Å². The van der Waals surface area contributed by atoms with Gasteiger partial charge in [-0.25, -0.2) is 9.97 Å². The molecule has 0 atom stereocenters. The number of benzene rings is 2. The highest BCUT2D eigenvalue weighted by molar-refractivity contribution is 5.72. The second kappa shape index (κ2) is 14.7. The van der Waals surface area contributed by atoms with Crippen LogP contribution < -0.4 is 4.74 Å². The Bertz CT molecular complexity index is 1070. The Morgan fingerprint density at radius 2 is 1.41 bits per heavy atom. The Hall–Kier alpha value is -3.01. The van der Waals surface area contributed by atoms with Gasteiger partial charge in [0.25, 0.3) is 0 Å². The average molecular weight is 499 g/mol. The molecule has 0 spiro atoms. The molecule has 0 N–H and O–H groups in total. The zero-order chi connectivity index (χ0) is 25.7. The van der Waals surface area contributed by atoms with Crippen LogP contribution in [0.1, 0.15) is 96.0 Å². The van der Waals surface area contributed by atoms with Crippen molar-refractivity contribution in [2.45, 2.75) is 96.8 Å². The van der Waals surface area contributed by atoms with E-state index in [0.717, 1.165) is 30.7 Å². The number of unbranched alkanes of at least 4 members (excludes halogenated alkanes) is 5. The van der Waals surface area contributed by atoms with Crippen LogP contribution in [0.5, 0.6) is 5.75 Å². The quantitative estimate of drug-likeness (QED) is 0.164. The molecule has 4 nitrogen and oxygen atoms in total. The molecule has 1 aliphatic rings. The van der Waals surface area contributed by atoms with Gasteiger partial charge in [-0.05, 0) is 41.9 Å². The summed E-state index contributed by atoms with van der Waals surface area (Å²) in [5.74, 6) is 1.76. The van der Waals surface area contributed by atoms with Gasteiger partial charge < -0.3 is 4.74 Å². The van der Waals surface area contributed by atoms with Crippen LogP contribution in [0.15, 0.2) is 60.9 Å². The number of carbonyl (C=O) groups excluding carboxylic acids is 1. The largest absolute Gasteiger partial charge is 0.423 e. The fourth-order valence-electron chi connectivity index (χ4n) is 5.31. The van der Waals surface area contributed by atoms with E-state index in [1.807, 2.05) is 12.1 Å². The van der Waals surface area contributed by atoms with Gasteiger partial charge in [0.2, 0.25) is 0 Å². The molecule has 37 heavy (non-hydrogen) atoms. The van der Waals surface area contributed by atoms with Crippen LogP contribution in [0.3, 0.4) is 0 Å². The molecule has 0 amide bonds. The minimum atomic E-state index is -0.200. The molecule has 1 aromatic heterocycles. The van der Waals surface area contributed by atoms with Crippen LogP contribution in [0.4, 0.5) is 0 Å².